The first-order chi connectivity index (χ1) is 55.5. The van der Waals surface area contributed by atoms with Crippen molar-refractivity contribution in [2.24, 2.45) is 0 Å². The minimum absolute atomic E-state index is 0. The van der Waals surface area contributed by atoms with Gasteiger partial charge in [0.25, 0.3) is 0 Å². The fourth-order valence-corrected chi connectivity index (χ4v) is 17.3. The van der Waals surface area contributed by atoms with Crippen molar-refractivity contribution >= 4 is 88.4 Å². The Hall–Kier alpha value is -14.6. The Labute approximate surface area is 667 Å². The van der Waals surface area contributed by atoms with Crippen molar-refractivity contribution < 1.29 is 4.42 Å². The quantitative estimate of drug-likeness (QED) is 0.101. The van der Waals surface area contributed by atoms with Crippen molar-refractivity contribution in [3.05, 3.63) is 471 Å². The summed E-state index contributed by atoms with van der Waals surface area (Å²) < 4.78 is 6.47. The number of furan rings is 1. The Kier molecular flexibility index (Phi) is 19.1. The van der Waals surface area contributed by atoms with Gasteiger partial charge in [0.1, 0.15) is 11.2 Å². The molecule has 0 radical (unpaired) electrons. The van der Waals surface area contributed by atoms with Gasteiger partial charge in [-0.1, -0.05) is 385 Å². The van der Waals surface area contributed by atoms with Crippen molar-refractivity contribution in [2.45, 2.75) is 20.3 Å². The molecule has 0 spiro atoms. The second-order valence-electron chi connectivity index (χ2n) is 29.0. The molecule has 21 rings (SSSR count). The van der Waals surface area contributed by atoms with E-state index in [4.69, 9.17) is 4.42 Å². The number of hydrogen-bond acceptors (Lipinski definition) is 3. The summed E-state index contributed by atoms with van der Waals surface area (Å²) in [6.07, 6.45) is 0. The Morgan fingerprint density at radius 1 is 0.175 bits per heavy atom. The van der Waals surface area contributed by atoms with Gasteiger partial charge in [-0.15, -0.1) is 0 Å². The summed E-state index contributed by atoms with van der Waals surface area (Å²) in [5.41, 5.74) is 29.7. The van der Waals surface area contributed by atoms with Crippen LogP contribution in [0.25, 0.3) is 132 Å². The zero-order valence-electron chi connectivity index (χ0n) is 61.5. The van der Waals surface area contributed by atoms with Crippen molar-refractivity contribution in [2.75, 3.05) is 9.80 Å². The largest absolute Gasteiger partial charge is 0.455 e. The van der Waals surface area contributed by atoms with E-state index < -0.39 is 5.41 Å². The number of nitrogens with zero attached hydrogens (tertiary/aromatic N) is 2. The topological polar surface area (TPSA) is 19.6 Å². The molecular formula is C111H82N2O. The van der Waals surface area contributed by atoms with E-state index in [9.17, 15) is 0 Å². The lowest BCUT2D eigenvalue weighted by Crippen LogP contribution is -2.28. The molecule has 19 aromatic carbocycles. The van der Waals surface area contributed by atoms with E-state index in [1.54, 1.807) is 0 Å². The van der Waals surface area contributed by atoms with Crippen molar-refractivity contribution in [3.8, 4) is 77.9 Å². The monoisotopic (exact) mass is 1460 g/mol. The second-order valence-corrected chi connectivity index (χ2v) is 29.0. The molecule has 0 atom stereocenters. The van der Waals surface area contributed by atoms with Gasteiger partial charge >= 0.3 is 0 Å². The minimum Gasteiger partial charge on any atom is -0.455 e. The van der Waals surface area contributed by atoms with E-state index in [0.29, 0.717) is 0 Å². The molecule has 20 aromatic rings. The van der Waals surface area contributed by atoms with Crippen LogP contribution in [0.2, 0.25) is 0 Å². The molecule has 0 N–H and O–H groups in total. The Morgan fingerprint density at radius 2 is 0.482 bits per heavy atom. The van der Waals surface area contributed by atoms with E-state index in [1.807, 2.05) is 12.1 Å². The van der Waals surface area contributed by atoms with Gasteiger partial charge < -0.3 is 14.2 Å². The molecule has 3 heteroatoms. The third kappa shape index (κ3) is 12.8. The number of para-hydroxylation sites is 2. The number of benzene rings is 19. The van der Waals surface area contributed by atoms with Gasteiger partial charge in [0, 0.05) is 50.5 Å². The highest BCUT2D eigenvalue weighted by molar-refractivity contribution is 6.26. The van der Waals surface area contributed by atoms with Crippen LogP contribution in [0.1, 0.15) is 37.1 Å². The summed E-state index contributed by atoms with van der Waals surface area (Å²) in [4.78, 5) is 4.79. The first kappa shape index (κ1) is 71.0. The average Bonchev–Trinajstić information content (AvgIpc) is 1.52. The predicted molar refractivity (Wildman–Crippen MR) is 485 cm³/mol. The number of rotatable bonds is 14. The van der Waals surface area contributed by atoms with Crippen LogP contribution in [0.5, 0.6) is 0 Å². The van der Waals surface area contributed by atoms with E-state index in [0.717, 1.165) is 67.2 Å². The smallest absolute Gasteiger partial charge is 0.143 e. The van der Waals surface area contributed by atoms with Crippen LogP contribution >= 0.6 is 0 Å². The summed E-state index contributed by atoms with van der Waals surface area (Å²) in [6, 6.07) is 163. The lowest BCUT2D eigenvalue weighted by molar-refractivity contribution is 0.670. The van der Waals surface area contributed by atoms with Crippen LogP contribution in [0.4, 0.5) is 34.1 Å². The molecule has 0 saturated heterocycles. The molecule has 542 valence electrons. The molecule has 1 heterocycles. The molecule has 0 unspecified atom stereocenters. The Balaban J connectivity index is 0.000000156. The lowest BCUT2D eigenvalue weighted by Gasteiger charge is -2.35. The molecule has 1 aromatic heterocycles. The fraction of sp³-hybridized carbons (Fsp3) is 0.0270. The highest BCUT2D eigenvalue weighted by Gasteiger charge is 2.46. The number of fused-ring (bicyclic) bond motifs is 12. The zero-order valence-corrected chi connectivity index (χ0v) is 61.5. The molecule has 0 bridgehead atoms. The second kappa shape index (κ2) is 30.7. The SMILES string of the molecule is C.C.c1ccc(-c2ccc(-c3ccc(N(c4ccc(-c5ccc(-c6ccccc6)cc5)cc4)c4cccc(-c5cccc6c5oc5ccccc56)c4)cc3)cc2)cc1.c1ccc(-c2ccc(N(c3ccc4c(c3)C(c3ccccc3)(c3ccccc3)c3ccccc3-4)c3ccc4c5ccccc5c5ccccc5c4c3)cc2)cc1. The van der Waals surface area contributed by atoms with Crippen LogP contribution in [-0.4, -0.2) is 0 Å². The van der Waals surface area contributed by atoms with Gasteiger partial charge in [0.15, 0.2) is 0 Å². The van der Waals surface area contributed by atoms with Gasteiger partial charge in [0.2, 0.25) is 0 Å². The third-order valence-corrected chi connectivity index (χ3v) is 22.6. The Morgan fingerprint density at radius 3 is 0.965 bits per heavy atom. The summed E-state index contributed by atoms with van der Waals surface area (Å²) >= 11 is 0. The summed E-state index contributed by atoms with van der Waals surface area (Å²) in [5.74, 6) is 0. The van der Waals surface area contributed by atoms with Gasteiger partial charge in [-0.3, -0.25) is 0 Å². The third-order valence-electron chi connectivity index (χ3n) is 22.6. The Bertz CT molecular complexity index is 6600. The minimum atomic E-state index is -0.494. The normalized spacial score (nSPS) is 11.8. The maximum Gasteiger partial charge on any atom is 0.143 e. The maximum atomic E-state index is 6.47. The highest BCUT2D eigenvalue weighted by Crippen LogP contribution is 2.58. The first-order valence-electron chi connectivity index (χ1n) is 38.5. The van der Waals surface area contributed by atoms with E-state index >= 15 is 0 Å². The number of anilines is 6. The molecule has 0 amide bonds. The molecule has 0 aliphatic heterocycles. The molecule has 0 fully saturated rings. The van der Waals surface area contributed by atoms with Crippen molar-refractivity contribution in [3.63, 3.8) is 0 Å². The zero-order chi connectivity index (χ0) is 74.3. The van der Waals surface area contributed by atoms with Crippen molar-refractivity contribution in [1.82, 2.24) is 0 Å². The van der Waals surface area contributed by atoms with Gasteiger partial charge in [-0.25, -0.2) is 0 Å². The predicted octanol–water partition coefficient (Wildman–Crippen LogP) is 31.3. The molecule has 1 aliphatic rings. The molecule has 3 nitrogen and oxygen atoms in total. The molecular weight excluding hydrogens is 1380 g/mol. The average molecular weight is 1460 g/mol. The van der Waals surface area contributed by atoms with E-state index in [2.05, 4.69) is 447 Å². The summed E-state index contributed by atoms with van der Waals surface area (Å²) in [5, 5.41) is 9.87. The van der Waals surface area contributed by atoms with Crippen LogP contribution < -0.4 is 9.80 Å². The van der Waals surface area contributed by atoms with Gasteiger partial charge in [0.05, 0.1) is 5.41 Å². The van der Waals surface area contributed by atoms with E-state index in [-0.39, 0.29) is 14.9 Å². The van der Waals surface area contributed by atoms with E-state index in [1.165, 1.54) is 121 Å². The summed E-state index contributed by atoms with van der Waals surface area (Å²) in [7, 11) is 0. The molecule has 1 aliphatic carbocycles. The lowest BCUT2D eigenvalue weighted by atomic mass is 9.67. The van der Waals surface area contributed by atoms with Gasteiger partial charge in [-0.05, 0) is 206 Å². The highest BCUT2D eigenvalue weighted by atomic mass is 16.3. The first-order valence-corrected chi connectivity index (χ1v) is 38.5. The molecule has 114 heavy (non-hydrogen) atoms. The summed E-state index contributed by atoms with van der Waals surface area (Å²) in [6.45, 7) is 0. The number of hydrogen-bond donors (Lipinski definition) is 0. The van der Waals surface area contributed by atoms with Crippen molar-refractivity contribution in [1.29, 1.82) is 0 Å². The van der Waals surface area contributed by atoms with Crippen LogP contribution in [0.15, 0.2) is 453 Å². The van der Waals surface area contributed by atoms with Crippen LogP contribution in [-0.2, 0) is 5.41 Å². The van der Waals surface area contributed by atoms with Crippen LogP contribution in [0.3, 0.4) is 0 Å². The molecule has 0 saturated carbocycles. The standard InChI is InChI=1S/C55H37N.C54H37NO.2CH4/c1-4-16-38(17-5-1)39-28-30-42(31-29-39)56(43-32-34-49-47-24-11-10-22-45(47)46-23-12-13-25-48(46)52(49)36-43)44-33-35-51-50-26-14-15-27-53(50)55(54(51)37-44,40-18-6-2-7-19-40)41-20-8-3-9-21-41;1-3-11-38(12-4-1)40-21-25-42(26-22-40)44-29-33-47(34-30-44)55(48-35-31-45(32-36-48)43-27-23-41(24-28-43)39-13-5-2-6-14-39)49-16-9-15-46(37-49)50-18-10-19-52-51-17-7-8-20-53(51)56-54(50)52;;/h2*1-37H;2*1H4. The maximum absolute atomic E-state index is 6.47. The van der Waals surface area contributed by atoms with Crippen LogP contribution in [0, 0.1) is 0 Å². The van der Waals surface area contributed by atoms with Gasteiger partial charge in [-0.2, -0.15) is 0 Å². The fourth-order valence-electron chi connectivity index (χ4n) is 17.3.